The normalized spacial score (nSPS) is 19.0. The molecule has 1 unspecified atom stereocenters. The highest BCUT2D eigenvalue weighted by atomic mass is 16.5. The van der Waals surface area contributed by atoms with Crippen molar-refractivity contribution in [1.29, 1.82) is 0 Å². The molecule has 1 N–H and O–H groups in total. The van der Waals surface area contributed by atoms with E-state index in [-0.39, 0.29) is 12.0 Å². The average molecular weight is 265 g/mol. The summed E-state index contributed by atoms with van der Waals surface area (Å²) in [5.41, 5.74) is 1.17. The summed E-state index contributed by atoms with van der Waals surface area (Å²) in [6.07, 6.45) is 0. The van der Waals surface area contributed by atoms with Gasteiger partial charge in [-0.25, -0.2) is 0 Å². The van der Waals surface area contributed by atoms with Gasteiger partial charge in [0, 0.05) is 12.6 Å². The van der Waals surface area contributed by atoms with Crippen molar-refractivity contribution < 1.29 is 14.6 Å². The van der Waals surface area contributed by atoms with Gasteiger partial charge in [0.25, 0.3) is 0 Å². The molecule has 1 aliphatic heterocycles. The van der Waals surface area contributed by atoms with Crippen LogP contribution in [0.2, 0.25) is 0 Å². The van der Waals surface area contributed by atoms with Gasteiger partial charge in [0.2, 0.25) is 0 Å². The van der Waals surface area contributed by atoms with Crippen molar-refractivity contribution in [3.05, 3.63) is 29.8 Å². The Labute approximate surface area is 114 Å². The van der Waals surface area contributed by atoms with Crippen molar-refractivity contribution in [2.75, 3.05) is 40.5 Å². The number of methoxy groups -OCH3 is 1. The number of benzene rings is 1. The van der Waals surface area contributed by atoms with Gasteiger partial charge >= 0.3 is 0 Å². The van der Waals surface area contributed by atoms with Crippen LogP contribution in [0.4, 0.5) is 0 Å². The molecule has 1 saturated heterocycles. The Kier molecular flexibility index (Phi) is 4.45. The topological polar surface area (TPSA) is 41.9 Å². The maximum absolute atomic E-state index is 9.48. The lowest BCUT2D eigenvalue weighted by Gasteiger charge is -2.43. The minimum atomic E-state index is -0.0739. The first-order valence-electron chi connectivity index (χ1n) is 6.63. The molecule has 1 atom stereocenters. The maximum Gasteiger partial charge on any atom is 0.118 e. The standard InChI is InChI=1S/C15H23NO3/c1-12(13-4-6-14(18-3)7-5-13)16(2)8-15(9-17)10-19-11-15/h4-7,12,17H,8-11H2,1-3H3. The smallest absolute Gasteiger partial charge is 0.118 e. The van der Waals surface area contributed by atoms with Crippen LogP contribution in [-0.4, -0.2) is 50.5 Å². The van der Waals surface area contributed by atoms with E-state index in [9.17, 15) is 5.11 Å². The summed E-state index contributed by atoms with van der Waals surface area (Å²) >= 11 is 0. The monoisotopic (exact) mass is 265 g/mol. The summed E-state index contributed by atoms with van der Waals surface area (Å²) in [4.78, 5) is 2.26. The molecule has 106 valence electrons. The predicted molar refractivity (Wildman–Crippen MR) is 74.4 cm³/mol. The molecule has 4 nitrogen and oxygen atoms in total. The van der Waals surface area contributed by atoms with E-state index >= 15 is 0 Å². The van der Waals surface area contributed by atoms with Crippen molar-refractivity contribution in [1.82, 2.24) is 4.90 Å². The first kappa shape index (κ1) is 14.3. The molecule has 4 heteroatoms. The van der Waals surface area contributed by atoms with Gasteiger partial charge in [0.1, 0.15) is 5.75 Å². The molecule has 1 aliphatic rings. The quantitative estimate of drug-likeness (QED) is 0.850. The Hall–Kier alpha value is -1.10. The van der Waals surface area contributed by atoms with Crippen LogP contribution in [0.5, 0.6) is 5.75 Å². The largest absolute Gasteiger partial charge is 0.497 e. The minimum absolute atomic E-state index is 0.0739. The van der Waals surface area contributed by atoms with E-state index < -0.39 is 0 Å². The first-order chi connectivity index (χ1) is 9.10. The fourth-order valence-corrected chi connectivity index (χ4v) is 2.43. The van der Waals surface area contributed by atoms with Crippen LogP contribution in [0.3, 0.4) is 0 Å². The summed E-state index contributed by atoms with van der Waals surface area (Å²) in [7, 11) is 3.76. The molecule has 0 spiro atoms. The summed E-state index contributed by atoms with van der Waals surface area (Å²) in [5, 5.41) is 9.48. The molecule has 19 heavy (non-hydrogen) atoms. The van der Waals surface area contributed by atoms with Crippen LogP contribution in [0.25, 0.3) is 0 Å². The third-order valence-corrected chi connectivity index (χ3v) is 4.00. The number of nitrogens with zero attached hydrogens (tertiary/aromatic N) is 1. The highest BCUT2D eigenvalue weighted by Gasteiger charge is 2.39. The van der Waals surface area contributed by atoms with Gasteiger partial charge in [-0.05, 0) is 31.7 Å². The molecular weight excluding hydrogens is 242 g/mol. The van der Waals surface area contributed by atoms with E-state index in [1.54, 1.807) is 7.11 Å². The molecule has 0 aliphatic carbocycles. The molecule has 0 radical (unpaired) electrons. The number of aliphatic hydroxyl groups is 1. The Morgan fingerprint density at radius 2 is 2.00 bits per heavy atom. The Balaban J connectivity index is 1.99. The fraction of sp³-hybridized carbons (Fsp3) is 0.600. The van der Waals surface area contributed by atoms with Gasteiger partial charge in [-0.1, -0.05) is 12.1 Å². The molecule has 1 aromatic rings. The van der Waals surface area contributed by atoms with E-state index in [4.69, 9.17) is 9.47 Å². The van der Waals surface area contributed by atoms with E-state index in [0.29, 0.717) is 19.3 Å². The van der Waals surface area contributed by atoms with Crippen LogP contribution in [0.15, 0.2) is 24.3 Å². The second-order valence-corrected chi connectivity index (χ2v) is 5.52. The third kappa shape index (κ3) is 3.08. The van der Waals surface area contributed by atoms with Gasteiger partial charge in [-0.2, -0.15) is 0 Å². The second-order valence-electron chi connectivity index (χ2n) is 5.52. The first-order valence-corrected chi connectivity index (χ1v) is 6.63. The van der Waals surface area contributed by atoms with E-state index in [2.05, 4.69) is 31.0 Å². The summed E-state index contributed by atoms with van der Waals surface area (Å²) in [6, 6.07) is 8.43. The molecule has 0 aromatic heterocycles. The molecule has 1 heterocycles. The Bertz CT molecular complexity index is 395. The number of rotatable bonds is 6. The molecule has 2 rings (SSSR count). The van der Waals surface area contributed by atoms with Crippen LogP contribution >= 0.6 is 0 Å². The number of ether oxygens (including phenoxy) is 2. The zero-order chi connectivity index (χ0) is 13.9. The molecule has 1 aromatic carbocycles. The average Bonchev–Trinajstić information content (AvgIpc) is 2.42. The highest BCUT2D eigenvalue weighted by Crippen LogP contribution is 2.31. The number of hydrogen-bond donors (Lipinski definition) is 1. The lowest BCUT2D eigenvalue weighted by Crippen LogP contribution is -2.52. The SMILES string of the molecule is COc1ccc(C(C)N(C)CC2(CO)COC2)cc1. The zero-order valence-corrected chi connectivity index (χ0v) is 11.9. The molecule has 1 fully saturated rings. The van der Waals surface area contributed by atoms with Crippen LogP contribution < -0.4 is 4.74 Å². The van der Waals surface area contributed by atoms with Gasteiger partial charge < -0.3 is 14.6 Å². The molecule has 0 saturated carbocycles. The van der Waals surface area contributed by atoms with Crippen molar-refractivity contribution in [3.8, 4) is 5.75 Å². The van der Waals surface area contributed by atoms with E-state index in [1.165, 1.54) is 5.56 Å². The number of hydrogen-bond acceptors (Lipinski definition) is 4. The van der Waals surface area contributed by atoms with Crippen molar-refractivity contribution in [2.45, 2.75) is 13.0 Å². The molecule has 0 bridgehead atoms. The van der Waals surface area contributed by atoms with Crippen LogP contribution in [0, 0.1) is 5.41 Å². The highest BCUT2D eigenvalue weighted by molar-refractivity contribution is 5.28. The molecular formula is C15H23NO3. The summed E-state index contributed by atoms with van der Waals surface area (Å²) < 4.78 is 10.4. The predicted octanol–water partition coefficient (Wildman–Crippen LogP) is 1.70. The number of aliphatic hydroxyl groups excluding tert-OH is 1. The minimum Gasteiger partial charge on any atom is -0.497 e. The Morgan fingerprint density at radius 3 is 2.42 bits per heavy atom. The van der Waals surface area contributed by atoms with Crippen LogP contribution in [0.1, 0.15) is 18.5 Å². The van der Waals surface area contributed by atoms with Crippen molar-refractivity contribution in [3.63, 3.8) is 0 Å². The summed E-state index contributed by atoms with van der Waals surface area (Å²) in [5.74, 6) is 0.873. The van der Waals surface area contributed by atoms with E-state index in [0.717, 1.165) is 12.3 Å². The molecule has 0 amide bonds. The van der Waals surface area contributed by atoms with E-state index in [1.807, 2.05) is 12.1 Å². The van der Waals surface area contributed by atoms with Gasteiger partial charge in [-0.15, -0.1) is 0 Å². The lowest BCUT2D eigenvalue weighted by atomic mass is 9.86. The fourth-order valence-electron chi connectivity index (χ4n) is 2.43. The third-order valence-electron chi connectivity index (χ3n) is 4.00. The van der Waals surface area contributed by atoms with Gasteiger partial charge in [-0.3, -0.25) is 4.90 Å². The van der Waals surface area contributed by atoms with Crippen LogP contribution in [-0.2, 0) is 4.74 Å². The van der Waals surface area contributed by atoms with Gasteiger partial charge in [0.05, 0.1) is 32.3 Å². The maximum atomic E-state index is 9.48. The van der Waals surface area contributed by atoms with Gasteiger partial charge in [0.15, 0.2) is 0 Å². The second kappa shape index (κ2) is 5.90. The summed E-state index contributed by atoms with van der Waals surface area (Å²) in [6.45, 7) is 4.52. The van der Waals surface area contributed by atoms with Crippen molar-refractivity contribution >= 4 is 0 Å². The lowest BCUT2D eigenvalue weighted by molar-refractivity contribution is -0.149. The Morgan fingerprint density at radius 1 is 1.37 bits per heavy atom. The zero-order valence-electron chi connectivity index (χ0n) is 11.9. The van der Waals surface area contributed by atoms with Crippen molar-refractivity contribution in [2.24, 2.45) is 5.41 Å².